The van der Waals surface area contributed by atoms with Crippen LogP contribution in [0.4, 0.5) is 0 Å². The minimum Gasteiger partial charge on any atom is -0.380 e. The zero-order valence-corrected chi connectivity index (χ0v) is 5.96. The van der Waals surface area contributed by atoms with E-state index in [4.69, 9.17) is 9.57 Å². The topological polar surface area (TPSA) is 21.7 Å². The number of nitrogens with zero attached hydrogens (tertiary/aromatic N) is 1. The number of likely N-dealkylation sites (N-methyl/N-ethyl adjacent to an activating group) is 1. The smallest absolute Gasteiger partial charge is 0.0645 e. The Hall–Kier alpha value is -0.120. The molecular formula is C6H13NO2. The van der Waals surface area contributed by atoms with Gasteiger partial charge in [-0.1, -0.05) is 0 Å². The average Bonchev–Trinajstić information content (AvgIpc) is 2.37. The lowest BCUT2D eigenvalue weighted by molar-refractivity contribution is -0.140. The predicted molar refractivity (Wildman–Crippen MR) is 34.0 cm³/mol. The molecule has 54 valence electrons. The maximum absolute atomic E-state index is 5.16. The monoisotopic (exact) mass is 131 g/mol. The van der Waals surface area contributed by atoms with Crippen LogP contribution in [-0.2, 0) is 9.57 Å². The number of rotatable bonds is 2. The van der Waals surface area contributed by atoms with E-state index in [2.05, 4.69) is 0 Å². The second kappa shape index (κ2) is 3.15. The Bertz CT molecular complexity index is 81.1. The highest BCUT2D eigenvalue weighted by Gasteiger charge is 2.19. The lowest BCUT2D eigenvalue weighted by Crippen LogP contribution is -2.30. The van der Waals surface area contributed by atoms with Crippen molar-refractivity contribution in [3.8, 4) is 0 Å². The Morgan fingerprint density at radius 3 is 2.89 bits per heavy atom. The standard InChI is InChI=1S/C6H13NO2/c1-7(8-2)6-3-4-9-5-6/h6H,3-5H2,1-2H3. The van der Waals surface area contributed by atoms with E-state index in [1.54, 1.807) is 7.11 Å². The third-order valence-corrected chi connectivity index (χ3v) is 1.71. The number of hydrogen-bond acceptors (Lipinski definition) is 3. The Morgan fingerprint density at radius 1 is 1.67 bits per heavy atom. The van der Waals surface area contributed by atoms with E-state index in [1.807, 2.05) is 12.1 Å². The summed E-state index contributed by atoms with van der Waals surface area (Å²) in [6.45, 7) is 1.68. The predicted octanol–water partition coefficient (Wildman–Crippen LogP) is 0.268. The first-order chi connectivity index (χ1) is 4.34. The van der Waals surface area contributed by atoms with Crippen molar-refractivity contribution in [1.29, 1.82) is 0 Å². The number of hydroxylamine groups is 2. The van der Waals surface area contributed by atoms with Crippen molar-refractivity contribution < 1.29 is 9.57 Å². The highest BCUT2D eigenvalue weighted by Crippen LogP contribution is 2.09. The molecule has 1 fully saturated rings. The molecule has 0 amide bonds. The molecule has 9 heavy (non-hydrogen) atoms. The lowest BCUT2D eigenvalue weighted by atomic mass is 10.3. The van der Waals surface area contributed by atoms with Gasteiger partial charge in [-0.15, -0.1) is 0 Å². The Balaban J connectivity index is 2.24. The van der Waals surface area contributed by atoms with Crippen LogP contribution in [0.15, 0.2) is 0 Å². The second-order valence-corrected chi connectivity index (χ2v) is 2.25. The summed E-state index contributed by atoms with van der Waals surface area (Å²) in [7, 11) is 3.61. The molecule has 0 spiro atoms. The molecule has 1 saturated heterocycles. The summed E-state index contributed by atoms with van der Waals surface area (Å²) in [6, 6.07) is 0.468. The van der Waals surface area contributed by atoms with Crippen LogP contribution in [-0.4, -0.2) is 38.5 Å². The van der Waals surface area contributed by atoms with Crippen LogP contribution in [0.25, 0.3) is 0 Å². The molecule has 3 nitrogen and oxygen atoms in total. The quantitative estimate of drug-likeness (QED) is 0.502. The molecule has 0 aliphatic carbocycles. The fraction of sp³-hybridized carbons (Fsp3) is 1.00. The maximum atomic E-state index is 5.16. The van der Waals surface area contributed by atoms with Crippen LogP contribution in [0.3, 0.4) is 0 Å². The van der Waals surface area contributed by atoms with Gasteiger partial charge in [-0.2, -0.15) is 5.06 Å². The van der Waals surface area contributed by atoms with Crippen LogP contribution in [0.5, 0.6) is 0 Å². The molecule has 1 unspecified atom stereocenters. The summed E-state index contributed by atoms with van der Waals surface area (Å²) in [5, 5.41) is 1.84. The van der Waals surface area contributed by atoms with Gasteiger partial charge in [0.2, 0.25) is 0 Å². The van der Waals surface area contributed by atoms with Crippen molar-refractivity contribution in [3.05, 3.63) is 0 Å². The molecule has 3 heteroatoms. The van der Waals surface area contributed by atoms with Gasteiger partial charge in [-0.05, 0) is 6.42 Å². The summed E-state index contributed by atoms with van der Waals surface area (Å²) in [4.78, 5) is 4.99. The van der Waals surface area contributed by atoms with Crippen LogP contribution in [0.2, 0.25) is 0 Å². The molecule has 1 atom stereocenters. The Kier molecular flexibility index (Phi) is 2.45. The third kappa shape index (κ3) is 1.64. The van der Waals surface area contributed by atoms with Gasteiger partial charge in [0.25, 0.3) is 0 Å². The maximum Gasteiger partial charge on any atom is 0.0645 e. The SMILES string of the molecule is CON(C)C1CCOC1. The molecule has 0 saturated carbocycles. The lowest BCUT2D eigenvalue weighted by Gasteiger charge is -2.18. The van der Waals surface area contributed by atoms with Crippen LogP contribution in [0, 0.1) is 0 Å². The molecule has 1 heterocycles. The third-order valence-electron chi connectivity index (χ3n) is 1.71. The highest BCUT2D eigenvalue weighted by atomic mass is 16.7. The first-order valence-electron chi connectivity index (χ1n) is 3.19. The highest BCUT2D eigenvalue weighted by molar-refractivity contribution is 4.67. The molecule has 1 rings (SSSR count). The van der Waals surface area contributed by atoms with Gasteiger partial charge >= 0.3 is 0 Å². The zero-order chi connectivity index (χ0) is 6.69. The van der Waals surface area contributed by atoms with E-state index in [1.165, 1.54) is 0 Å². The summed E-state index contributed by atoms with van der Waals surface area (Å²) in [5.41, 5.74) is 0. The van der Waals surface area contributed by atoms with Gasteiger partial charge in [0, 0.05) is 13.7 Å². The van der Waals surface area contributed by atoms with E-state index < -0.39 is 0 Å². The molecule has 0 aromatic rings. The average molecular weight is 131 g/mol. The van der Waals surface area contributed by atoms with Gasteiger partial charge < -0.3 is 9.57 Å². The molecule has 0 bridgehead atoms. The second-order valence-electron chi connectivity index (χ2n) is 2.25. The van der Waals surface area contributed by atoms with E-state index in [9.17, 15) is 0 Å². The minimum absolute atomic E-state index is 0.468. The molecule has 0 aromatic heterocycles. The van der Waals surface area contributed by atoms with Gasteiger partial charge in [0.05, 0.1) is 19.8 Å². The first-order valence-corrected chi connectivity index (χ1v) is 3.19. The van der Waals surface area contributed by atoms with Gasteiger partial charge in [0.1, 0.15) is 0 Å². The van der Waals surface area contributed by atoms with Crippen LogP contribution in [0.1, 0.15) is 6.42 Å². The number of hydrogen-bond donors (Lipinski definition) is 0. The molecule has 0 N–H and O–H groups in total. The molecule has 0 radical (unpaired) electrons. The van der Waals surface area contributed by atoms with Crippen molar-refractivity contribution in [2.45, 2.75) is 12.5 Å². The molecule has 1 aliphatic heterocycles. The first kappa shape index (κ1) is 6.99. The Morgan fingerprint density at radius 2 is 2.44 bits per heavy atom. The molecule has 1 aliphatic rings. The Labute approximate surface area is 55.5 Å². The van der Waals surface area contributed by atoms with E-state index in [-0.39, 0.29) is 0 Å². The summed E-state index contributed by atoms with van der Waals surface area (Å²) in [6.07, 6.45) is 1.09. The van der Waals surface area contributed by atoms with Crippen molar-refractivity contribution in [2.24, 2.45) is 0 Å². The number of ether oxygens (including phenoxy) is 1. The zero-order valence-electron chi connectivity index (χ0n) is 5.96. The molecular weight excluding hydrogens is 118 g/mol. The van der Waals surface area contributed by atoms with Gasteiger partial charge in [-0.3, -0.25) is 0 Å². The van der Waals surface area contributed by atoms with Crippen molar-refractivity contribution in [2.75, 3.05) is 27.4 Å². The van der Waals surface area contributed by atoms with E-state index >= 15 is 0 Å². The van der Waals surface area contributed by atoms with Crippen LogP contribution >= 0.6 is 0 Å². The summed E-state index contributed by atoms with van der Waals surface area (Å²) < 4.78 is 5.16. The fourth-order valence-corrected chi connectivity index (χ4v) is 0.958. The molecule has 0 aromatic carbocycles. The summed E-state index contributed by atoms with van der Waals surface area (Å²) >= 11 is 0. The van der Waals surface area contributed by atoms with E-state index in [0.717, 1.165) is 19.6 Å². The van der Waals surface area contributed by atoms with Gasteiger partial charge in [-0.25, -0.2) is 0 Å². The normalized spacial score (nSPS) is 27.7. The van der Waals surface area contributed by atoms with E-state index in [0.29, 0.717) is 6.04 Å². The van der Waals surface area contributed by atoms with Gasteiger partial charge in [0.15, 0.2) is 0 Å². The van der Waals surface area contributed by atoms with Crippen LogP contribution < -0.4 is 0 Å². The van der Waals surface area contributed by atoms with Crippen molar-refractivity contribution in [3.63, 3.8) is 0 Å². The fourth-order valence-electron chi connectivity index (χ4n) is 0.958. The summed E-state index contributed by atoms with van der Waals surface area (Å²) in [5.74, 6) is 0. The minimum atomic E-state index is 0.468. The van der Waals surface area contributed by atoms with Crippen molar-refractivity contribution in [1.82, 2.24) is 5.06 Å². The van der Waals surface area contributed by atoms with Crippen molar-refractivity contribution >= 4 is 0 Å². The largest absolute Gasteiger partial charge is 0.380 e.